The molecule has 0 aliphatic rings. The van der Waals surface area contributed by atoms with Gasteiger partial charge in [-0.2, -0.15) is 0 Å². The van der Waals surface area contributed by atoms with Crippen molar-refractivity contribution in [3.05, 3.63) is 89.2 Å². The van der Waals surface area contributed by atoms with E-state index in [2.05, 4.69) is 5.32 Å². The molecule has 2 amide bonds. The Bertz CT molecular complexity index is 1420. The Kier molecular flexibility index (Phi) is 11.1. The average molecular weight is 604 g/mol. The van der Waals surface area contributed by atoms with E-state index in [0.717, 1.165) is 4.31 Å². The number of sulfonamides is 1. The summed E-state index contributed by atoms with van der Waals surface area (Å²) in [6, 6.07) is 16.6. The van der Waals surface area contributed by atoms with Crippen molar-refractivity contribution in [2.24, 2.45) is 5.92 Å². The molecule has 3 aromatic carbocycles. The first-order chi connectivity index (χ1) is 19.5. The fourth-order valence-electron chi connectivity index (χ4n) is 4.14. The first kappa shape index (κ1) is 31.9. The number of amides is 2. The molecular formula is C30H35ClFN3O5S. The second kappa shape index (κ2) is 14.3. The molecule has 0 aliphatic heterocycles. The van der Waals surface area contributed by atoms with Crippen molar-refractivity contribution in [2.45, 2.75) is 44.7 Å². The van der Waals surface area contributed by atoms with Gasteiger partial charge in [0.05, 0.1) is 17.7 Å². The SMILES string of the molecule is CC[C@H](C(=O)NCC(C)C)N(Cc1ccc(F)cc1)C(=O)CN(c1ccc(Cl)cc1)S(=O)(=O)c1ccc(OC)cc1. The zero-order valence-electron chi connectivity index (χ0n) is 23.5. The normalized spacial score (nSPS) is 12.1. The Balaban J connectivity index is 2.03. The van der Waals surface area contributed by atoms with E-state index in [1.807, 2.05) is 13.8 Å². The molecule has 0 heterocycles. The van der Waals surface area contributed by atoms with Crippen LogP contribution in [0.2, 0.25) is 5.02 Å². The van der Waals surface area contributed by atoms with Crippen molar-refractivity contribution < 1.29 is 27.1 Å². The van der Waals surface area contributed by atoms with Gasteiger partial charge in [-0.05, 0) is 78.6 Å². The van der Waals surface area contributed by atoms with Crippen LogP contribution in [0.4, 0.5) is 10.1 Å². The maximum Gasteiger partial charge on any atom is 0.264 e. The minimum absolute atomic E-state index is 0.0240. The lowest BCUT2D eigenvalue weighted by atomic mass is 10.1. The van der Waals surface area contributed by atoms with Crippen molar-refractivity contribution in [2.75, 3.05) is 24.5 Å². The molecule has 0 unspecified atom stereocenters. The summed E-state index contributed by atoms with van der Waals surface area (Å²) in [6.07, 6.45) is 0.281. The number of hydrogen-bond donors (Lipinski definition) is 1. The van der Waals surface area contributed by atoms with Crippen molar-refractivity contribution >= 4 is 39.1 Å². The summed E-state index contributed by atoms with van der Waals surface area (Å²) in [4.78, 5) is 28.5. The number of nitrogens with zero attached hydrogens (tertiary/aromatic N) is 2. The molecule has 0 aromatic heterocycles. The number of rotatable bonds is 13. The number of nitrogens with one attached hydrogen (secondary N) is 1. The highest BCUT2D eigenvalue weighted by Crippen LogP contribution is 2.27. The summed E-state index contributed by atoms with van der Waals surface area (Å²) in [6.45, 7) is 5.48. The van der Waals surface area contributed by atoms with Gasteiger partial charge in [0.2, 0.25) is 11.8 Å². The van der Waals surface area contributed by atoms with Gasteiger partial charge < -0.3 is 15.0 Å². The Morgan fingerprint density at radius 1 is 0.976 bits per heavy atom. The van der Waals surface area contributed by atoms with Crippen LogP contribution in [-0.4, -0.2) is 51.4 Å². The number of carbonyl (C=O) groups excluding carboxylic acids is 2. The van der Waals surface area contributed by atoms with Gasteiger partial charge in [0.25, 0.3) is 10.0 Å². The lowest BCUT2D eigenvalue weighted by Crippen LogP contribution is -2.52. The molecule has 0 saturated carbocycles. The average Bonchev–Trinajstić information content (AvgIpc) is 2.96. The maximum absolute atomic E-state index is 14.0. The van der Waals surface area contributed by atoms with Gasteiger partial charge in [-0.25, -0.2) is 12.8 Å². The topological polar surface area (TPSA) is 96.0 Å². The fraction of sp³-hybridized carbons (Fsp3) is 0.333. The minimum Gasteiger partial charge on any atom is -0.497 e. The predicted molar refractivity (Wildman–Crippen MR) is 158 cm³/mol. The highest BCUT2D eigenvalue weighted by Gasteiger charge is 2.33. The second-order valence-corrected chi connectivity index (χ2v) is 12.2. The molecule has 0 fully saturated rings. The van der Waals surface area contributed by atoms with E-state index >= 15 is 0 Å². The molecule has 3 aromatic rings. The molecule has 3 rings (SSSR count). The molecule has 0 radical (unpaired) electrons. The second-order valence-electron chi connectivity index (χ2n) is 9.87. The number of anilines is 1. The third-order valence-electron chi connectivity index (χ3n) is 6.38. The Labute approximate surface area is 246 Å². The van der Waals surface area contributed by atoms with Crippen LogP contribution < -0.4 is 14.4 Å². The van der Waals surface area contributed by atoms with Gasteiger partial charge >= 0.3 is 0 Å². The third-order valence-corrected chi connectivity index (χ3v) is 8.42. The van der Waals surface area contributed by atoms with E-state index in [9.17, 15) is 22.4 Å². The number of ether oxygens (including phenoxy) is 1. The summed E-state index contributed by atoms with van der Waals surface area (Å²) in [5, 5.41) is 3.27. The van der Waals surface area contributed by atoms with E-state index in [-0.39, 0.29) is 35.4 Å². The largest absolute Gasteiger partial charge is 0.497 e. The molecule has 0 aliphatic carbocycles. The monoisotopic (exact) mass is 603 g/mol. The Hall–Kier alpha value is -3.63. The summed E-state index contributed by atoms with van der Waals surface area (Å²) in [5.41, 5.74) is 0.809. The molecule has 41 heavy (non-hydrogen) atoms. The first-order valence-electron chi connectivity index (χ1n) is 13.2. The van der Waals surface area contributed by atoms with Crippen LogP contribution in [0.1, 0.15) is 32.8 Å². The maximum atomic E-state index is 14.0. The molecule has 0 bridgehead atoms. The quantitative estimate of drug-likeness (QED) is 0.287. The number of halogens is 2. The van der Waals surface area contributed by atoms with Gasteiger partial charge in [-0.1, -0.05) is 44.5 Å². The highest BCUT2D eigenvalue weighted by molar-refractivity contribution is 7.92. The van der Waals surface area contributed by atoms with Crippen LogP contribution in [0.3, 0.4) is 0 Å². The van der Waals surface area contributed by atoms with E-state index in [1.54, 1.807) is 6.92 Å². The third kappa shape index (κ3) is 8.43. The van der Waals surface area contributed by atoms with Crippen LogP contribution in [0.5, 0.6) is 5.75 Å². The minimum atomic E-state index is -4.24. The van der Waals surface area contributed by atoms with Crippen molar-refractivity contribution in [1.82, 2.24) is 10.2 Å². The van der Waals surface area contributed by atoms with Crippen LogP contribution in [0.25, 0.3) is 0 Å². The van der Waals surface area contributed by atoms with Gasteiger partial charge in [0, 0.05) is 18.1 Å². The standard InChI is InChI=1S/C30H35ClFN3O5S/c1-5-28(30(37)33-18-21(2)3)34(19-22-6-10-24(32)11-7-22)29(36)20-35(25-12-8-23(31)9-13-25)41(38,39)27-16-14-26(40-4)15-17-27/h6-17,21,28H,5,18-20H2,1-4H3,(H,33,37)/t28-/m1/s1. The van der Waals surface area contributed by atoms with Gasteiger partial charge in [0.15, 0.2) is 0 Å². The molecule has 0 spiro atoms. The summed E-state index contributed by atoms with van der Waals surface area (Å²) in [7, 11) is -2.76. The smallest absolute Gasteiger partial charge is 0.264 e. The number of hydrogen-bond acceptors (Lipinski definition) is 5. The van der Waals surface area contributed by atoms with Gasteiger partial charge in [-0.15, -0.1) is 0 Å². The molecule has 1 N–H and O–H groups in total. The number of carbonyl (C=O) groups is 2. The van der Waals surface area contributed by atoms with Crippen LogP contribution in [0.15, 0.2) is 77.7 Å². The van der Waals surface area contributed by atoms with Crippen LogP contribution in [0, 0.1) is 11.7 Å². The molecule has 1 atom stereocenters. The van der Waals surface area contributed by atoms with E-state index < -0.39 is 34.3 Å². The summed E-state index contributed by atoms with van der Waals surface area (Å²) in [5.74, 6) is -0.733. The highest BCUT2D eigenvalue weighted by atomic mass is 35.5. The fourth-order valence-corrected chi connectivity index (χ4v) is 5.68. The van der Waals surface area contributed by atoms with E-state index in [1.165, 1.54) is 84.8 Å². The van der Waals surface area contributed by atoms with Crippen LogP contribution >= 0.6 is 11.6 Å². The number of benzene rings is 3. The van der Waals surface area contributed by atoms with Crippen molar-refractivity contribution in [3.8, 4) is 5.75 Å². The summed E-state index contributed by atoms with van der Waals surface area (Å²) < 4.78 is 47.5. The molecule has 8 nitrogen and oxygen atoms in total. The van der Waals surface area contributed by atoms with Gasteiger partial charge in [-0.3, -0.25) is 13.9 Å². The first-order valence-corrected chi connectivity index (χ1v) is 15.0. The summed E-state index contributed by atoms with van der Waals surface area (Å²) >= 11 is 6.06. The predicted octanol–water partition coefficient (Wildman–Crippen LogP) is 5.26. The zero-order chi connectivity index (χ0) is 30.2. The number of methoxy groups -OCH3 is 1. The Morgan fingerprint density at radius 3 is 2.12 bits per heavy atom. The molecule has 0 saturated heterocycles. The Morgan fingerprint density at radius 2 is 1.59 bits per heavy atom. The van der Waals surface area contributed by atoms with Crippen molar-refractivity contribution in [1.29, 1.82) is 0 Å². The van der Waals surface area contributed by atoms with E-state index in [4.69, 9.17) is 16.3 Å². The lowest BCUT2D eigenvalue weighted by Gasteiger charge is -2.33. The van der Waals surface area contributed by atoms with Crippen LogP contribution in [-0.2, 0) is 26.2 Å². The molecule has 220 valence electrons. The van der Waals surface area contributed by atoms with Crippen molar-refractivity contribution in [3.63, 3.8) is 0 Å². The lowest BCUT2D eigenvalue weighted by molar-refractivity contribution is -0.140. The molecule has 11 heteroatoms. The van der Waals surface area contributed by atoms with Gasteiger partial charge in [0.1, 0.15) is 24.2 Å². The molecular weight excluding hydrogens is 569 g/mol. The van der Waals surface area contributed by atoms with E-state index in [0.29, 0.717) is 22.9 Å². The zero-order valence-corrected chi connectivity index (χ0v) is 25.1.